The summed E-state index contributed by atoms with van der Waals surface area (Å²) in [4.78, 5) is 28.2. The van der Waals surface area contributed by atoms with E-state index < -0.39 is 0 Å². The number of fused-ring (bicyclic) bond motifs is 1. The highest BCUT2D eigenvalue weighted by atomic mass is 19.1. The zero-order valence-corrected chi connectivity index (χ0v) is 17.5. The van der Waals surface area contributed by atoms with Gasteiger partial charge < -0.3 is 14.9 Å². The number of nitrogens with one attached hydrogen (secondary N) is 2. The SMILES string of the molecule is Cc1ccc(CNC(=O)CCc2c(-c3ccc(F)cc3)[nH]c3ccccc23)c(=O)n1C. The maximum atomic E-state index is 13.4. The van der Waals surface area contributed by atoms with Gasteiger partial charge in [0.1, 0.15) is 5.82 Å². The number of nitrogens with zero attached hydrogens (tertiary/aromatic N) is 1. The minimum Gasteiger partial charge on any atom is -0.354 e. The molecule has 2 aromatic carbocycles. The lowest BCUT2D eigenvalue weighted by molar-refractivity contribution is -0.121. The van der Waals surface area contributed by atoms with Gasteiger partial charge in [-0.2, -0.15) is 0 Å². The molecule has 0 saturated heterocycles. The molecular formula is C25H24FN3O2. The summed E-state index contributed by atoms with van der Waals surface area (Å²) in [6.07, 6.45) is 0.802. The van der Waals surface area contributed by atoms with Gasteiger partial charge in [0.05, 0.1) is 0 Å². The predicted octanol–water partition coefficient (Wildman–Crippen LogP) is 4.23. The van der Waals surface area contributed by atoms with E-state index in [9.17, 15) is 14.0 Å². The fourth-order valence-corrected chi connectivity index (χ4v) is 3.76. The molecular weight excluding hydrogens is 393 g/mol. The van der Waals surface area contributed by atoms with Crippen LogP contribution in [-0.4, -0.2) is 15.5 Å². The topological polar surface area (TPSA) is 66.9 Å². The molecule has 0 radical (unpaired) electrons. The van der Waals surface area contributed by atoms with Crippen LogP contribution < -0.4 is 10.9 Å². The summed E-state index contributed by atoms with van der Waals surface area (Å²) >= 11 is 0. The molecule has 0 aliphatic heterocycles. The average Bonchev–Trinajstić information content (AvgIpc) is 3.14. The summed E-state index contributed by atoms with van der Waals surface area (Å²) in [6.45, 7) is 2.06. The van der Waals surface area contributed by atoms with Crippen molar-refractivity contribution in [3.8, 4) is 11.3 Å². The molecule has 0 saturated carbocycles. The number of halogens is 1. The standard InChI is InChI=1S/C25H24FN3O2/c1-16-7-8-18(25(31)29(16)2)15-27-23(30)14-13-21-20-5-3-4-6-22(20)28-24(21)17-9-11-19(26)12-10-17/h3-12,28H,13-15H2,1-2H3,(H,27,30). The quantitative estimate of drug-likeness (QED) is 0.493. The number of para-hydroxylation sites is 1. The number of benzene rings is 2. The normalized spacial score (nSPS) is 11.1. The molecule has 0 fully saturated rings. The van der Waals surface area contributed by atoms with E-state index in [1.54, 1.807) is 29.8 Å². The van der Waals surface area contributed by atoms with E-state index in [0.717, 1.165) is 33.4 Å². The highest BCUT2D eigenvalue weighted by molar-refractivity contribution is 5.91. The number of hydrogen-bond donors (Lipinski definition) is 2. The largest absolute Gasteiger partial charge is 0.354 e. The summed E-state index contributed by atoms with van der Waals surface area (Å²) in [7, 11) is 1.72. The molecule has 4 aromatic rings. The fourth-order valence-electron chi connectivity index (χ4n) is 3.76. The third kappa shape index (κ3) is 4.28. The molecule has 4 rings (SSSR count). The Morgan fingerprint density at radius 2 is 1.81 bits per heavy atom. The van der Waals surface area contributed by atoms with Crippen LogP contribution in [0, 0.1) is 12.7 Å². The molecule has 0 aliphatic rings. The third-order valence-electron chi connectivity index (χ3n) is 5.66. The van der Waals surface area contributed by atoms with Crippen LogP contribution in [-0.2, 0) is 24.8 Å². The minimum atomic E-state index is -0.289. The molecule has 0 unspecified atom stereocenters. The van der Waals surface area contributed by atoms with Crippen LogP contribution in [0.1, 0.15) is 23.2 Å². The molecule has 2 N–H and O–H groups in total. The first-order chi connectivity index (χ1) is 14.9. The zero-order chi connectivity index (χ0) is 22.0. The number of amides is 1. The number of H-pyrrole nitrogens is 1. The molecule has 0 spiro atoms. The van der Waals surface area contributed by atoms with E-state index >= 15 is 0 Å². The van der Waals surface area contributed by atoms with E-state index in [4.69, 9.17) is 0 Å². The Kier molecular flexibility index (Phi) is 5.71. The van der Waals surface area contributed by atoms with Crippen molar-refractivity contribution in [1.29, 1.82) is 0 Å². The molecule has 2 heterocycles. The van der Waals surface area contributed by atoms with Crippen LogP contribution in [0.2, 0.25) is 0 Å². The molecule has 0 bridgehead atoms. The highest BCUT2D eigenvalue weighted by Gasteiger charge is 2.15. The number of hydrogen-bond acceptors (Lipinski definition) is 2. The van der Waals surface area contributed by atoms with E-state index in [-0.39, 0.29) is 30.2 Å². The van der Waals surface area contributed by atoms with E-state index in [0.29, 0.717) is 12.0 Å². The smallest absolute Gasteiger partial charge is 0.255 e. The Bertz CT molecular complexity index is 1300. The molecule has 158 valence electrons. The van der Waals surface area contributed by atoms with Crippen LogP contribution in [0.25, 0.3) is 22.2 Å². The van der Waals surface area contributed by atoms with Crippen molar-refractivity contribution in [2.75, 3.05) is 0 Å². The first-order valence-electron chi connectivity index (χ1n) is 10.2. The van der Waals surface area contributed by atoms with Crippen molar-refractivity contribution >= 4 is 16.8 Å². The van der Waals surface area contributed by atoms with Crippen molar-refractivity contribution in [1.82, 2.24) is 14.9 Å². The van der Waals surface area contributed by atoms with Gasteiger partial charge in [-0.25, -0.2) is 4.39 Å². The van der Waals surface area contributed by atoms with E-state index in [1.807, 2.05) is 37.3 Å². The first kappa shape index (κ1) is 20.6. The summed E-state index contributed by atoms with van der Waals surface area (Å²) in [5.41, 5.74) is 5.07. The number of aromatic nitrogens is 2. The van der Waals surface area contributed by atoms with E-state index in [1.165, 1.54) is 12.1 Å². The van der Waals surface area contributed by atoms with Crippen molar-refractivity contribution < 1.29 is 9.18 Å². The highest BCUT2D eigenvalue weighted by Crippen LogP contribution is 2.31. The number of aromatic amines is 1. The van der Waals surface area contributed by atoms with E-state index in [2.05, 4.69) is 10.3 Å². The Hall–Kier alpha value is -3.67. The van der Waals surface area contributed by atoms with Gasteiger partial charge in [-0.3, -0.25) is 9.59 Å². The predicted molar refractivity (Wildman–Crippen MR) is 120 cm³/mol. The number of rotatable bonds is 6. The van der Waals surface area contributed by atoms with Crippen LogP contribution >= 0.6 is 0 Å². The monoisotopic (exact) mass is 417 g/mol. The molecule has 6 heteroatoms. The van der Waals surface area contributed by atoms with Gasteiger partial charge in [-0.1, -0.05) is 24.3 Å². The molecule has 0 aliphatic carbocycles. The Morgan fingerprint density at radius 1 is 1.06 bits per heavy atom. The number of pyridine rings is 1. The van der Waals surface area contributed by atoms with Crippen molar-refractivity contribution in [3.63, 3.8) is 0 Å². The Balaban J connectivity index is 1.51. The first-order valence-corrected chi connectivity index (χ1v) is 10.2. The summed E-state index contributed by atoms with van der Waals surface area (Å²) in [5, 5.41) is 3.90. The van der Waals surface area contributed by atoms with Crippen molar-refractivity contribution in [3.05, 3.63) is 93.7 Å². The third-order valence-corrected chi connectivity index (χ3v) is 5.66. The maximum absolute atomic E-state index is 13.4. The molecule has 1 amide bonds. The lowest BCUT2D eigenvalue weighted by Crippen LogP contribution is -2.29. The zero-order valence-electron chi connectivity index (χ0n) is 17.5. The second kappa shape index (κ2) is 8.60. The lowest BCUT2D eigenvalue weighted by Gasteiger charge is -2.09. The van der Waals surface area contributed by atoms with Gasteiger partial charge >= 0.3 is 0 Å². The van der Waals surface area contributed by atoms with Crippen LogP contribution in [0.4, 0.5) is 4.39 Å². The molecule has 31 heavy (non-hydrogen) atoms. The summed E-state index contributed by atoms with van der Waals surface area (Å²) in [6, 6.07) is 17.9. The minimum absolute atomic E-state index is 0.101. The van der Waals surface area contributed by atoms with Crippen molar-refractivity contribution in [2.45, 2.75) is 26.3 Å². The van der Waals surface area contributed by atoms with Gasteiger partial charge in [0.25, 0.3) is 5.56 Å². The average molecular weight is 417 g/mol. The fraction of sp³-hybridized carbons (Fsp3) is 0.200. The van der Waals surface area contributed by atoms with Gasteiger partial charge in [0.15, 0.2) is 0 Å². The molecule has 5 nitrogen and oxygen atoms in total. The Morgan fingerprint density at radius 3 is 2.58 bits per heavy atom. The van der Waals surface area contributed by atoms with Crippen LogP contribution in [0.15, 0.2) is 65.5 Å². The van der Waals surface area contributed by atoms with Crippen molar-refractivity contribution in [2.24, 2.45) is 7.05 Å². The second-order valence-corrected chi connectivity index (χ2v) is 7.67. The lowest BCUT2D eigenvalue weighted by atomic mass is 10.0. The summed E-state index contributed by atoms with van der Waals surface area (Å²) < 4.78 is 14.9. The van der Waals surface area contributed by atoms with Gasteiger partial charge in [0.2, 0.25) is 5.91 Å². The molecule has 2 aromatic heterocycles. The van der Waals surface area contributed by atoms with Crippen LogP contribution in [0.3, 0.4) is 0 Å². The molecule has 0 atom stereocenters. The van der Waals surface area contributed by atoms with Gasteiger partial charge in [-0.05, 0) is 60.9 Å². The second-order valence-electron chi connectivity index (χ2n) is 7.67. The number of carbonyl (C=O) groups excluding carboxylic acids is 1. The maximum Gasteiger partial charge on any atom is 0.255 e. The Labute approximate surface area is 179 Å². The summed E-state index contributed by atoms with van der Waals surface area (Å²) in [5.74, 6) is -0.416. The number of carbonyl (C=O) groups is 1. The van der Waals surface area contributed by atoms with Crippen LogP contribution in [0.5, 0.6) is 0 Å². The number of aryl methyl sites for hydroxylation is 2. The van der Waals surface area contributed by atoms with Gasteiger partial charge in [-0.15, -0.1) is 0 Å². The van der Waals surface area contributed by atoms with Gasteiger partial charge in [0, 0.05) is 47.9 Å².